The Hall–Kier alpha value is -2.46. The van der Waals surface area contributed by atoms with Crippen molar-refractivity contribution in [3.05, 3.63) is 40.9 Å². The minimum Gasteiger partial charge on any atom is -0.381 e. The molecule has 0 saturated carbocycles. The summed E-state index contributed by atoms with van der Waals surface area (Å²) < 4.78 is 12.1. The SMILES string of the molecule is C=C(CN1CCOCC1)C(=O)CC[C@@H](NC(=O)[C@@H](CC(=O)CC)Cc1nc2ccc(C(C)C)cc2s1)C1CCOCC1. The van der Waals surface area contributed by atoms with Gasteiger partial charge in [0.25, 0.3) is 0 Å². The lowest BCUT2D eigenvalue weighted by molar-refractivity contribution is -0.130. The molecule has 4 rings (SSSR count). The molecule has 0 aliphatic carbocycles. The van der Waals surface area contributed by atoms with Crippen LogP contribution in [0.3, 0.4) is 0 Å². The topological polar surface area (TPSA) is 97.8 Å². The number of Topliss-reactive ketones (excluding diaryl/α,β-unsaturated/α-hetero) is 2. The minimum atomic E-state index is -0.503. The number of amides is 1. The van der Waals surface area contributed by atoms with Gasteiger partial charge in [-0.25, -0.2) is 4.98 Å². The number of thiazole rings is 1. The summed E-state index contributed by atoms with van der Waals surface area (Å²) in [6.07, 6.45) is 3.55. The fraction of sp³-hybridized carbons (Fsp3) is 0.636. The molecule has 2 atom stereocenters. The van der Waals surface area contributed by atoms with Gasteiger partial charge < -0.3 is 14.8 Å². The molecule has 8 nitrogen and oxygen atoms in total. The van der Waals surface area contributed by atoms with E-state index in [1.165, 1.54) is 5.56 Å². The van der Waals surface area contributed by atoms with Crippen LogP contribution in [0.25, 0.3) is 10.2 Å². The summed E-state index contributed by atoms with van der Waals surface area (Å²) in [6.45, 7) is 15.1. The third kappa shape index (κ3) is 9.27. The van der Waals surface area contributed by atoms with Gasteiger partial charge in [0.1, 0.15) is 5.78 Å². The van der Waals surface area contributed by atoms with Gasteiger partial charge in [-0.05, 0) is 48.8 Å². The second-order valence-electron chi connectivity index (χ2n) is 12.0. The van der Waals surface area contributed by atoms with Crippen LogP contribution in [0, 0.1) is 11.8 Å². The second-order valence-corrected chi connectivity index (χ2v) is 13.1. The van der Waals surface area contributed by atoms with Crippen molar-refractivity contribution in [2.45, 2.75) is 77.7 Å². The molecule has 2 aliphatic rings. The Morgan fingerprint density at radius 1 is 1.12 bits per heavy atom. The minimum absolute atomic E-state index is 0.0424. The average Bonchev–Trinajstić information content (AvgIpc) is 3.41. The molecule has 1 aromatic heterocycles. The molecule has 3 heterocycles. The van der Waals surface area contributed by atoms with Gasteiger partial charge in [-0.15, -0.1) is 11.3 Å². The van der Waals surface area contributed by atoms with Crippen LogP contribution in [-0.2, 0) is 30.3 Å². The van der Waals surface area contributed by atoms with E-state index in [1.54, 1.807) is 11.3 Å². The predicted octanol–water partition coefficient (Wildman–Crippen LogP) is 5.10. The molecule has 0 unspecified atom stereocenters. The highest BCUT2D eigenvalue weighted by Crippen LogP contribution is 2.29. The first-order chi connectivity index (χ1) is 20.2. The van der Waals surface area contributed by atoms with Crippen LogP contribution in [-0.4, -0.2) is 79.5 Å². The number of ketones is 2. The molecular weight excluding hydrogens is 550 g/mol. The van der Waals surface area contributed by atoms with Crippen LogP contribution in [0.4, 0.5) is 0 Å². The third-order valence-corrected chi connectivity index (χ3v) is 9.58. The maximum atomic E-state index is 13.8. The highest BCUT2D eigenvalue weighted by molar-refractivity contribution is 7.18. The molecule has 2 aromatic rings. The first-order valence-electron chi connectivity index (χ1n) is 15.5. The zero-order valence-corrected chi connectivity index (χ0v) is 26.3. The number of nitrogens with zero attached hydrogens (tertiary/aromatic N) is 2. The number of hydrogen-bond donors (Lipinski definition) is 1. The van der Waals surface area contributed by atoms with Gasteiger partial charge in [-0.3, -0.25) is 19.3 Å². The Labute approximate surface area is 254 Å². The van der Waals surface area contributed by atoms with E-state index in [9.17, 15) is 14.4 Å². The Morgan fingerprint density at radius 3 is 2.52 bits per heavy atom. The van der Waals surface area contributed by atoms with E-state index in [0.29, 0.717) is 70.1 Å². The molecule has 230 valence electrons. The number of hydrogen-bond acceptors (Lipinski definition) is 8. The van der Waals surface area contributed by atoms with Gasteiger partial charge in [0.15, 0.2) is 5.78 Å². The molecule has 0 bridgehead atoms. The largest absolute Gasteiger partial charge is 0.381 e. The summed E-state index contributed by atoms with van der Waals surface area (Å²) in [6, 6.07) is 6.17. The second kappa shape index (κ2) is 15.8. The van der Waals surface area contributed by atoms with Crippen molar-refractivity contribution in [1.82, 2.24) is 15.2 Å². The van der Waals surface area contributed by atoms with E-state index < -0.39 is 5.92 Å². The molecule has 1 aromatic carbocycles. The van der Waals surface area contributed by atoms with Crippen LogP contribution >= 0.6 is 11.3 Å². The molecule has 9 heteroatoms. The monoisotopic (exact) mass is 597 g/mol. The summed E-state index contributed by atoms with van der Waals surface area (Å²) in [7, 11) is 0. The van der Waals surface area contributed by atoms with Crippen LogP contribution in [0.15, 0.2) is 30.4 Å². The van der Waals surface area contributed by atoms with E-state index in [4.69, 9.17) is 14.5 Å². The zero-order valence-electron chi connectivity index (χ0n) is 25.5. The maximum Gasteiger partial charge on any atom is 0.224 e. The first kappa shape index (κ1) is 32.5. The number of benzene rings is 1. The van der Waals surface area contributed by atoms with E-state index in [1.807, 2.05) is 13.0 Å². The molecule has 1 amide bonds. The quantitative estimate of drug-likeness (QED) is 0.286. The van der Waals surface area contributed by atoms with E-state index in [-0.39, 0.29) is 35.9 Å². The molecular formula is C33H47N3O5S. The van der Waals surface area contributed by atoms with Crippen molar-refractivity contribution in [3.63, 3.8) is 0 Å². The summed E-state index contributed by atoms with van der Waals surface area (Å²) in [4.78, 5) is 46.4. The summed E-state index contributed by atoms with van der Waals surface area (Å²) >= 11 is 1.60. The number of aromatic nitrogens is 1. The van der Waals surface area contributed by atoms with Gasteiger partial charge in [0.2, 0.25) is 5.91 Å². The number of rotatable bonds is 15. The van der Waals surface area contributed by atoms with Gasteiger partial charge in [0.05, 0.1) is 34.4 Å². The van der Waals surface area contributed by atoms with Crippen LogP contribution < -0.4 is 5.32 Å². The predicted molar refractivity (Wildman–Crippen MR) is 167 cm³/mol. The van der Waals surface area contributed by atoms with E-state index in [2.05, 4.69) is 42.8 Å². The Kier molecular flexibility index (Phi) is 12.2. The number of fused-ring (bicyclic) bond motifs is 1. The Bertz CT molecular complexity index is 1230. The maximum absolute atomic E-state index is 13.8. The smallest absolute Gasteiger partial charge is 0.224 e. The van der Waals surface area contributed by atoms with Crippen LogP contribution in [0.1, 0.15) is 75.8 Å². The van der Waals surface area contributed by atoms with Crippen LogP contribution in [0.2, 0.25) is 0 Å². The average molecular weight is 598 g/mol. The van der Waals surface area contributed by atoms with Crippen molar-refractivity contribution in [3.8, 4) is 0 Å². The van der Waals surface area contributed by atoms with Gasteiger partial charge in [0, 0.05) is 70.1 Å². The number of morpholine rings is 1. The highest BCUT2D eigenvalue weighted by Gasteiger charge is 2.30. The molecule has 42 heavy (non-hydrogen) atoms. The lowest BCUT2D eigenvalue weighted by Crippen LogP contribution is -2.46. The third-order valence-electron chi connectivity index (χ3n) is 8.54. The normalized spacial score (nSPS) is 18.2. The number of ether oxygens (including phenoxy) is 2. The molecule has 1 N–H and O–H groups in total. The standard InChI is InChI=1S/C33H47N3O5S/c1-5-27(37)18-26(20-32-34-29-7-6-25(22(2)3)19-31(29)42-32)33(39)35-28(24-10-14-40-15-11-24)8-9-30(38)23(4)21-36-12-16-41-17-13-36/h6-7,19,22,24,26,28H,4-5,8-18,20-21H2,1-3H3,(H,35,39)/t26-,28+/m0/s1. The van der Waals surface area contributed by atoms with E-state index >= 15 is 0 Å². The van der Waals surface area contributed by atoms with Crippen molar-refractivity contribution < 1.29 is 23.9 Å². The number of nitrogens with one attached hydrogen (secondary N) is 1. The van der Waals surface area contributed by atoms with Crippen molar-refractivity contribution in [1.29, 1.82) is 0 Å². The van der Waals surface area contributed by atoms with Crippen molar-refractivity contribution >= 4 is 39.0 Å². The first-order valence-corrected chi connectivity index (χ1v) is 16.3. The molecule has 0 spiro atoms. The fourth-order valence-corrected chi connectivity index (χ4v) is 6.84. The van der Waals surface area contributed by atoms with Crippen molar-refractivity contribution in [2.75, 3.05) is 46.1 Å². The number of carbonyl (C=O) groups is 3. The summed E-state index contributed by atoms with van der Waals surface area (Å²) in [5.74, 6) is 0.122. The van der Waals surface area contributed by atoms with Crippen LogP contribution in [0.5, 0.6) is 0 Å². The van der Waals surface area contributed by atoms with Gasteiger partial charge in [-0.1, -0.05) is 33.4 Å². The molecule has 0 radical (unpaired) electrons. The fourth-order valence-electron chi connectivity index (χ4n) is 5.75. The van der Waals surface area contributed by atoms with E-state index in [0.717, 1.165) is 41.2 Å². The summed E-state index contributed by atoms with van der Waals surface area (Å²) in [5.41, 5.74) is 2.79. The molecule has 2 fully saturated rings. The Balaban J connectivity index is 1.44. The number of carbonyl (C=O) groups excluding carboxylic acids is 3. The molecule has 2 saturated heterocycles. The zero-order chi connectivity index (χ0) is 30.1. The molecule has 2 aliphatic heterocycles. The lowest BCUT2D eigenvalue weighted by Gasteiger charge is -2.32. The Morgan fingerprint density at radius 2 is 1.83 bits per heavy atom. The summed E-state index contributed by atoms with van der Waals surface area (Å²) in [5, 5.41) is 4.16. The van der Waals surface area contributed by atoms with Gasteiger partial charge in [-0.2, -0.15) is 0 Å². The van der Waals surface area contributed by atoms with Gasteiger partial charge >= 0.3 is 0 Å². The van der Waals surface area contributed by atoms with Crippen molar-refractivity contribution in [2.24, 2.45) is 11.8 Å². The lowest BCUT2D eigenvalue weighted by atomic mass is 9.87. The highest BCUT2D eigenvalue weighted by atomic mass is 32.1.